The molecule has 1 saturated carbocycles. The summed E-state index contributed by atoms with van der Waals surface area (Å²) in [7, 11) is 0. The van der Waals surface area contributed by atoms with Crippen molar-refractivity contribution in [2.45, 2.75) is 64.1 Å². The van der Waals surface area contributed by atoms with Gasteiger partial charge in [0, 0.05) is 25.0 Å². The lowest BCUT2D eigenvalue weighted by Gasteiger charge is -2.21. The highest BCUT2D eigenvalue weighted by Gasteiger charge is 2.27. The smallest absolute Gasteiger partial charge is 0.407 e. The summed E-state index contributed by atoms with van der Waals surface area (Å²) in [4.78, 5) is 11.7. The number of amides is 1. The van der Waals surface area contributed by atoms with Crippen LogP contribution < -0.4 is 10.6 Å². The predicted octanol–water partition coefficient (Wildman–Crippen LogP) is 2.86. The summed E-state index contributed by atoms with van der Waals surface area (Å²) < 4.78 is 10.6. The van der Waals surface area contributed by atoms with Gasteiger partial charge in [0.25, 0.3) is 0 Å². The average Bonchev–Trinajstić information content (AvgIpc) is 2.98. The van der Waals surface area contributed by atoms with Gasteiger partial charge in [0.05, 0.1) is 6.26 Å². The molecule has 0 radical (unpaired) electrons. The molecule has 1 aliphatic rings. The fourth-order valence-corrected chi connectivity index (χ4v) is 2.63. The zero-order valence-electron chi connectivity index (χ0n) is 13.1. The van der Waals surface area contributed by atoms with E-state index in [1.807, 2.05) is 32.9 Å². The Balaban J connectivity index is 1.63. The van der Waals surface area contributed by atoms with E-state index in [4.69, 9.17) is 9.15 Å². The SMILES string of the molecule is CC(C)(C)OC(=O)NC1CCC(NCCc2ccco2)C1. The van der Waals surface area contributed by atoms with Crippen LogP contribution in [-0.4, -0.2) is 30.3 Å². The van der Waals surface area contributed by atoms with Crippen LogP contribution in [-0.2, 0) is 11.2 Å². The van der Waals surface area contributed by atoms with E-state index in [9.17, 15) is 4.79 Å². The van der Waals surface area contributed by atoms with Gasteiger partial charge in [-0.3, -0.25) is 0 Å². The molecule has 1 aromatic rings. The highest BCUT2D eigenvalue weighted by atomic mass is 16.6. The highest BCUT2D eigenvalue weighted by Crippen LogP contribution is 2.20. The first kappa shape index (κ1) is 15.9. The molecule has 0 spiro atoms. The molecule has 21 heavy (non-hydrogen) atoms. The van der Waals surface area contributed by atoms with E-state index in [-0.39, 0.29) is 12.1 Å². The summed E-state index contributed by atoms with van der Waals surface area (Å²) in [6.45, 7) is 6.53. The molecule has 2 unspecified atom stereocenters. The Morgan fingerprint density at radius 3 is 2.81 bits per heavy atom. The highest BCUT2D eigenvalue weighted by molar-refractivity contribution is 5.68. The molecule has 1 fully saturated rings. The molecular weight excluding hydrogens is 268 g/mol. The summed E-state index contributed by atoms with van der Waals surface area (Å²) in [6.07, 6.45) is 5.32. The van der Waals surface area contributed by atoms with Crippen molar-refractivity contribution in [2.75, 3.05) is 6.54 Å². The van der Waals surface area contributed by atoms with Crippen LogP contribution in [0.15, 0.2) is 22.8 Å². The molecule has 0 saturated heterocycles. The van der Waals surface area contributed by atoms with Gasteiger partial charge in [-0.15, -0.1) is 0 Å². The van der Waals surface area contributed by atoms with Crippen molar-refractivity contribution in [2.24, 2.45) is 0 Å². The summed E-state index contributed by atoms with van der Waals surface area (Å²) in [6, 6.07) is 4.57. The van der Waals surface area contributed by atoms with E-state index in [0.717, 1.165) is 38.0 Å². The number of ether oxygens (including phenoxy) is 1. The quantitative estimate of drug-likeness (QED) is 0.876. The van der Waals surface area contributed by atoms with Gasteiger partial charge < -0.3 is 19.8 Å². The Kier molecular flexibility index (Phi) is 5.28. The second-order valence-electron chi connectivity index (χ2n) is 6.64. The molecule has 2 rings (SSSR count). The van der Waals surface area contributed by atoms with Crippen molar-refractivity contribution >= 4 is 6.09 Å². The third-order valence-corrected chi connectivity index (χ3v) is 3.54. The fourth-order valence-electron chi connectivity index (χ4n) is 2.63. The van der Waals surface area contributed by atoms with Crippen molar-refractivity contribution in [3.63, 3.8) is 0 Å². The van der Waals surface area contributed by atoms with Crippen LogP contribution in [0, 0.1) is 0 Å². The van der Waals surface area contributed by atoms with Gasteiger partial charge in [-0.1, -0.05) is 0 Å². The van der Waals surface area contributed by atoms with E-state index >= 15 is 0 Å². The van der Waals surface area contributed by atoms with Crippen molar-refractivity contribution in [1.29, 1.82) is 0 Å². The number of hydrogen-bond acceptors (Lipinski definition) is 4. The summed E-state index contributed by atoms with van der Waals surface area (Å²) in [5.41, 5.74) is -0.441. The first-order chi connectivity index (χ1) is 9.92. The maximum atomic E-state index is 11.7. The summed E-state index contributed by atoms with van der Waals surface area (Å²) >= 11 is 0. The molecule has 1 aliphatic carbocycles. The molecular formula is C16H26N2O3. The van der Waals surface area contributed by atoms with Crippen LogP contribution in [0.5, 0.6) is 0 Å². The van der Waals surface area contributed by atoms with Gasteiger partial charge in [-0.05, 0) is 52.2 Å². The van der Waals surface area contributed by atoms with Gasteiger partial charge in [-0.25, -0.2) is 4.79 Å². The van der Waals surface area contributed by atoms with E-state index in [1.54, 1.807) is 6.26 Å². The first-order valence-corrected chi connectivity index (χ1v) is 7.67. The topological polar surface area (TPSA) is 63.5 Å². The minimum atomic E-state index is -0.441. The maximum absolute atomic E-state index is 11.7. The first-order valence-electron chi connectivity index (χ1n) is 7.67. The van der Waals surface area contributed by atoms with Crippen LogP contribution in [0.2, 0.25) is 0 Å². The van der Waals surface area contributed by atoms with Crippen molar-refractivity contribution in [3.8, 4) is 0 Å². The normalized spacial score (nSPS) is 22.2. The maximum Gasteiger partial charge on any atom is 0.407 e. The van der Waals surface area contributed by atoms with Crippen LogP contribution in [0.1, 0.15) is 45.8 Å². The van der Waals surface area contributed by atoms with Crippen molar-refractivity contribution in [1.82, 2.24) is 10.6 Å². The van der Waals surface area contributed by atoms with Crippen LogP contribution in [0.4, 0.5) is 4.79 Å². The molecule has 0 bridgehead atoms. The van der Waals surface area contributed by atoms with Gasteiger partial charge in [-0.2, -0.15) is 0 Å². The number of carbonyl (C=O) groups is 1. The monoisotopic (exact) mass is 294 g/mol. The largest absolute Gasteiger partial charge is 0.469 e. The lowest BCUT2D eigenvalue weighted by atomic mass is 10.2. The zero-order valence-corrected chi connectivity index (χ0v) is 13.1. The Labute approximate surface area is 126 Å². The lowest BCUT2D eigenvalue weighted by molar-refractivity contribution is 0.0505. The zero-order chi connectivity index (χ0) is 15.3. The number of rotatable bonds is 5. The number of carbonyl (C=O) groups excluding carboxylic acids is 1. The number of alkyl carbamates (subject to hydrolysis) is 1. The fraction of sp³-hybridized carbons (Fsp3) is 0.688. The summed E-state index contributed by atoms with van der Waals surface area (Å²) in [5, 5.41) is 6.47. The molecule has 118 valence electrons. The van der Waals surface area contributed by atoms with E-state index < -0.39 is 5.60 Å². The lowest BCUT2D eigenvalue weighted by Crippen LogP contribution is -2.39. The Hall–Kier alpha value is -1.49. The summed E-state index contributed by atoms with van der Waals surface area (Å²) in [5.74, 6) is 1.00. The molecule has 1 amide bonds. The predicted molar refractivity (Wildman–Crippen MR) is 81.2 cm³/mol. The van der Waals surface area contributed by atoms with Crippen molar-refractivity contribution in [3.05, 3.63) is 24.2 Å². The molecule has 2 N–H and O–H groups in total. The third-order valence-electron chi connectivity index (χ3n) is 3.54. The minimum absolute atomic E-state index is 0.209. The van der Waals surface area contributed by atoms with E-state index in [1.165, 1.54) is 0 Å². The number of nitrogens with one attached hydrogen (secondary N) is 2. The van der Waals surface area contributed by atoms with Gasteiger partial charge in [0.1, 0.15) is 11.4 Å². The molecule has 0 aliphatic heterocycles. The van der Waals surface area contributed by atoms with Gasteiger partial charge in [0.15, 0.2) is 0 Å². The standard InChI is InChI=1S/C16H26N2O3/c1-16(2,3)21-15(19)18-13-7-6-12(11-13)17-9-8-14-5-4-10-20-14/h4-5,10,12-13,17H,6-9,11H2,1-3H3,(H,18,19). The third kappa shape index (κ3) is 5.79. The molecule has 5 heteroatoms. The Bertz CT molecular complexity index is 437. The Morgan fingerprint density at radius 1 is 1.38 bits per heavy atom. The van der Waals surface area contributed by atoms with Crippen molar-refractivity contribution < 1.29 is 13.9 Å². The van der Waals surface area contributed by atoms with E-state index in [0.29, 0.717) is 6.04 Å². The van der Waals surface area contributed by atoms with E-state index in [2.05, 4.69) is 10.6 Å². The molecule has 2 atom stereocenters. The molecule has 1 aromatic heterocycles. The van der Waals surface area contributed by atoms with Crippen LogP contribution >= 0.6 is 0 Å². The second-order valence-corrected chi connectivity index (χ2v) is 6.64. The molecule has 1 heterocycles. The van der Waals surface area contributed by atoms with Gasteiger partial charge >= 0.3 is 6.09 Å². The second kappa shape index (κ2) is 6.98. The number of hydrogen-bond donors (Lipinski definition) is 2. The van der Waals surface area contributed by atoms with Crippen LogP contribution in [0.3, 0.4) is 0 Å². The molecule has 5 nitrogen and oxygen atoms in total. The minimum Gasteiger partial charge on any atom is -0.469 e. The Morgan fingerprint density at radius 2 is 2.14 bits per heavy atom. The van der Waals surface area contributed by atoms with Crippen LogP contribution in [0.25, 0.3) is 0 Å². The van der Waals surface area contributed by atoms with Gasteiger partial charge in [0.2, 0.25) is 0 Å². The number of furan rings is 1. The average molecular weight is 294 g/mol. The molecule has 0 aromatic carbocycles.